The van der Waals surface area contributed by atoms with Crippen molar-refractivity contribution in [1.29, 1.82) is 0 Å². The largest absolute Gasteiger partial charge is 0.496 e. The summed E-state index contributed by atoms with van der Waals surface area (Å²) >= 11 is 0. The predicted molar refractivity (Wildman–Crippen MR) is 118 cm³/mol. The highest BCUT2D eigenvalue weighted by Gasteiger charge is 2.33. The van der Waals surface area contributed by atoms with Gasteiger partial charge in [0.1, 0.15) is 17.6 Å². The summed E-state index contributed by atoms with van der Waals surface area (Å²) in [7, 11) is 1.76. The third kappa shape index (κ3) is 6.73. The zero-order valence-corrected chi connectivity index (χ0v) is 20.3. The Hall–Kier alpha value is -1.18. The second kappa shape index (κ2) is 7.68. The highest BCUT2D eigenvalue weighted by Crippen LogP contribution is 2.43. The van der Waals surface area contributed by atoms with E-state index in [9.17, 15) is 0 Å². The topological polar surface area (TPSA) is 18.5 Å². The predicted octanol–water partition coefficient (Wildman–Crippen LogP) is 7.52. The van der Waals surface area contributed by atoms with Gasteiger partial charge in [0.25, 0.3) is 0 Å². The second-order valence-electron chi connectivity index (χ2n) is 12.3. The van der Waals surface area contributed by atoms with Gasteiger partial charge in [-0.15, -0.1) is 0 Å². The summed E-state index contributed by atoms with van der Waals surface area (Å²) in [4.78, 5) is 0. The molecule has 0 N–H and O–H groups in total. The molecule has 1 aromatic rings. The van der Waals surface area contributed by atoms with Gasteiger partial charge in [-0.05, 0) is 40.2 Å². The van der Waals surface area contributed by atoms with Crippen LogP contribution in [0.5, 0.6) is 11.5 Å². The standard InChI is InChI=1S/C25H44O2/c1-22(2,3)16-21(25(10,11)12)27-20-15-17(23(4,5)6)19(26-13)14-18(20)24(7,8)9/h14-15,21H,16H2,1-13H3. The van der Waals surface area contributed by atoms with Gasteiger partial charge in [-0.25, -0.2) is 0 Å². The van der Waals surface area contributed by atoms with Crippen LogP contribution in [0.3, 0.4) is 0 Å². The van der Waals surface area contributed by atoms with Crippen LogP contribution in [0.4, 0.5) is 0 Å². The fourth-order valence-corrected chi connectivity index (χ4v) is 3.23. The minimum atomic E-state index is -0.0246. The molecule has 2 nitrogen and oxygen atoms in total. The Balaban J connectivity index is 3.58. The number of hydrogen-bond acceptors (Lipinski definition) is 2. The first-order chi connectivity index (χ1) is 11.9. The zero-order chi connectivity index (χ0) is 21.4. The van der Waals surface area contributed by atoms with E-state index in [1.165, 1.54) is 11.1 Å². The molecule has 27 heavy (non-hydrogen) atoms. The normalized spacial score (nSPS) is 14.9. The highest BCUT2D eigenvalue weighted by molar-refractivity contribution is 5.51. The fourth-order valence-electron chi connectivity index (χ4n) is 3.23. The monoisotopic (exact) mass is 376 g/mol. The Labute approximate surface area is 169 Å². The van der Waals surface area contributed by atoms with Gasteiger partial charge in [-0.2, -0.15) is 0 Å². The molecule has 0 radical (unpaired) electrons. The Kier molecular flexibility index (Phi) is 6.79. The molecule has 0 aliphatic rings. The summed E-state index contributed by atoms with van der Waals surface area (Å²) < 4.78 is 12.6. The first kappa shape index (κ1) is 23.9. The number of methoxy groups -OCH3 is 1. The zero-order valence-electron chi connectivity index (χ0n) is 20.3. The molecule has 0 aliphatic carbocycles. The highest BCUT2D eigenvalue weighted by atomic mass is 16.5. The van der Waals surface area contributed by atoms with Gasteiger partial charge in [0, 0.05) is 11.1 Å². The Bertz CT molecular complexity index is 628. The summed E-state index contributed by atoms with van der Waals surface area (Å²) in [6.45, 7) is 27.1. The molecule has 1 unspecified atom stereocenters. The van der Waals surface area contributed by atoms with Gasteiger partial charge < -0.3 is 9.47 Å². The molecule has 0 spiro atoms. The molecule has 0 fully saturated rings. The van der Waals surface area contributed by atoms with E-state index >= 15 is 0 Å². The summed E-state index contributed by atoms with van der Waals surface area (Å²) in [6.07, 6.45) is 1.15. The first-order valence-electron chi connectivity index (χ1n) is 10.3. The van der Waals surface area contributed by atoms with Gasteiger partial charge in [0.2, 0.25) is 0 Å². The van der Waals surface area contributed by atoms with Crippen molar-refractivity contribution in [1.82, 2.24) is 0 Å². The molecule has 1 aromatic carbocycles. The van der Waals surface area contributed by atoms with Crippen LogP contribution < -0.4 is 9.47 Å². The van der Waals surface area contributed by atoms with Crippen LogP contribution >= 0.6 is 0 Å². The molecule has 156 valence electrons. The lowest BCUT2D eigenvalue weighted by atomic mass is 9.78. The van der Waals surface area contributed by atoms with E-state index in [4.69, 9.17) is 9.47 Å². The molecule has 1 atom stereocenters. The van der Waals surface area contributed by atoms with Crippen LogP contribution in [0, 0.1) is 10.8 Å². The second-order valence-corrected chi connectivity index (χ2v) is 12.3. The number of ether oxygens (including phenoxy) is 2. The van der Waals surface area contributed by atoms with Crippen molar-refractivity contribution in [2.24, 2.45) is 10.8 Å². The molecular formula is C25H44O2. The molecule has 2 heteroatoms. The summed E-state index contributed by atoms with van der Waals surface area (Å²) in [5.41, 5.74) is 2.63. The van der Waals surface area contributed by atoms with Crippen LogP contribution in [-0.2, 0) is 10.8 Å². The maximum atomic E-state index is 6.79. The number of hydrogen-bond donors (Lipinski definition) is 0. The van der Waals surface area contributed by atoms with E-state index in [0.717, 1.165) is 17.9 Å². The van der Waals surface area contributed by atoms with E-state index in [1.54, 1.807) is 7.11 Å². The van der Waals surface area contributed by atoms with Crippen LogP contribution in [0.25, 0.3) is 0 Å². The van der Waals surface area contributed by atoms with Crippen LogP contribution in [0.2, 0.25) is 0 Å². The Morgan fingerprint density at radius 3 is 1.44 bits per heavy atom. The summed E-state index contributed by atoms with van der Waals surface area (Å²) in [5, 5.41) is 0. The molecule has 0 amide bonds. The quantitative estimate of drug-likeness (QED) is 0.541. The minimum Gasteiger partial charge on any atom is -0.496 e. The van der Waals surface area contributed by atoms with E-state index in [0.29, 0.717) is 0 Å². The van der Waals surface area contributed by atoms with E-state index in [2.05, 4.69) is 95.2 Å². The van der Waals surface area contributed by atoms with E-state index in [1.807, 2.05) is 0 Å². The molecule has 0 saturated carbocycles. The third-order valence-electron chi connectivity index (χ3n) is 4.95. The molecule has 0 heterocycles. The summed E-state index contributed by atoms with van der Waals surface area (Å²) in [5.74, 6) is 1.94. The number of rotatable bonds is 4. The molecular weight excluding hydrogens is 332 g/mol. The lowest BCUT2D eigenvalue weighted by Crippen LogP contribution is -2.36. The van der Waals surface area contributed by atoms with Crippen LogP contribution in [-0.4, -0.2) is 13.2 Å². The smallest absolute Gasteiger partial charge is 0.124 e. The van der Waals surface area contributed by atoms with Gasteiger partial charge in [0.15, 0.2) is 0 Å². The summed E-state index contributed by atoms with van der Waals surface area (Å²) in [6, 6.07) is 4.41. The third-order valence-corrected chi connectivity index (χ3v) is 4.95. The molecule has 0 saturated heterocycles. The number of benzene rings is 1. The van der Waals surface area contributed by atoms with Crippen molar-refractivity contribution in [3.63, 3.8) is 0 Å². The van der Waals surface area contributed by atoms with Gasteiger partial charge in [-0.1, -0.05) is 83.1 Å². The van der Waals surface area contributed by atoms with Crippen molar-refractivity contribution >= 4 is 0 Å². The van der Waals surface area contributed by atoms with Crippen molar-refractivity contribution < 1.29 is 9.47 Å². The molecule has 0 aromatic heterocycles. The molecule has 0 aliphatic heterocycles. The maximum Gasteiger partial charge on any atom is 0.124 e. The van der Waals surface area contributed by atoms with Crippen molar-refractivity contribution in [3.05, 3.63) is 23.3 Å². The van der Waals surface area contributed by atoms with Crippen LogP contribution in [0.1, 0.15) is 101 Å². The van der Waals surface area contributed by atoms with E-state index in [-0.39, 0.29) is 27.8 Å². The van der Waals surface area contributed by atoms with Gasteiger partial charge in [0.05, 0.1) is 7.11 Å². The van der Waals surface area contributed by atoms with Crippen molar-refractivity contribution in [2.45, 2.75) is 106 Å². The van der Waals surface area contributed by atoms with Crippen molar-refractivity contribution in [3.8, 4) is 11.5 Å². The maximum absolute atomic E-state index is 6.79. The molecule has 0 bridgehead atoms. The van der Waals surface area contributed by atoms with Gasteiger partial charge in [-0.3, -0.25) is 0 Å². The fraction of sp³-hybridized carbons (Fsp3) is 0.760. The minimum absolute atomic E-state index is 0.0128. The Morgan fingerprint density at radius 2 is 1.11 bits per heavy atom. The lowest BCUT2D eigenvalue weighted by Gasteiger charge is -2.38. The first-order valence-corrected chi connectivity index (χ1v) is 10.3. The van der Waals surface area contributed by atoms with E-state index < -0.39 is 0 Å². The molecule has 1 rings (SSSR count). The van der Waals surface area contributed by atoms with Crippen molar-refractivity contribution in [2.75, 3.05) is 7.11 Å². The van der Waals surface area contributed by atoms with Crippen LogP contribution in [0.15, 0.2) is 12.1 Å². The lowest BCUT2D eigenvalue weighted by molar-refractivity contribution is 0.0479. The average molecular weight is 377 g/mol. The average Bonchev–Trinajstić information content (AvgIpc) is 2.41. The SMILES string of the molecule is COc1cc(C(C)(C)C)c(OC(CC(C)(C)C)C(C)(C)C)cc1C(C)(C)C. The van der Waals surface area contributed by atoms with Gasteiger partial charge >= 0.3 is 0 Å². The Morgan fingerprint density at radius 1 is 0.704 bits per heavy atom.